The van der Waals surface area contributed by atoms with Gasteiger partial charge in [-0.3, -0.25) is 0 Å². The average molecular weight is 265 g/mol. The van der Waals surface area contributed by atoms with Crippen molar-refractivity contribution < 1.29 is 9.47 Å². The Balaban J connectivity index is 2.81. The van der Waals surface area contributed by atoms with E-state index in [1.807, 2.05) is 13.0 Å². The van der Waals surface area contributed by atoms with Crippen molar-refractivity contribution in [2.45, 2.75) is 59.7 Å². The molecule has 0 aromatic heterocycles. The molecule has 1 atom stereocenters. The fourth-order valence-electron chi connectivity index (χ4n) is 1.65. The van der Waals surface area contributed by atoms with Gasteiger partial charge in [-0.15, -0.1) is 0 Å². The van der Waals surface area contributed by atoms with E-state index >= 15 is 0 Å². The van der Waals surface area contributed by atoms with Crippen molar-refractivity contribution in [1.82, 2.24) is 5.32 Å². The van der Waals surface area contributed by atoms with Crippen LogP contribution in [-0.2, 0) is 6.54 Å². The fraction of sp³-hybridized carbons (Fsp3) is 0.625. The molecule has 19 heavy (non-hydrogen) atoms. The van der Waals surface area contributed by atoms with E-state index in [0.717, 1.165) is 24.5 Å². The number of hydrogen-bond acceptors (Lipinski definition) is 3. The molecular formula is C16H27NO2. The molecule has 3 heteroatoms. The lowest BCUT2D eigenvalue weighted by Crippen LogP contribution is -2.21. The molecule has 1 aromatic carbocycles. The molecule has 1 rings (SSSR count). The van der Waals surface area contributed by atoms with Gasteiger partial charge in [-0.05, 0) is 38.0 Å². The first kappa shape index (κ1) is 15.8. The van der Waals surface area contributed by atoms with Crippen LogP contribution in [0.25, 0.3) is 0 Å². The first-order valence-electron chi connectivity index (χ1n) is 7.22. The molecule has 0 unspecified atom stereocenters. The highest BCUT2D eigenvalue weighted by Crippen LogP contribution is 2.29. The normalized spacial score (nSPS) is 12.5. The lowest BCUT2D eigenvalue weighted by molar-refractivity contribution is 0.203. The van der Waals surface area contributed by atoms with Crippen LogP contribution in [0.5, 0.6) is 11.5 Å². The maximum atomic E-state index is 5.88. The highest BCUT2D eigenvalue weighted by molar-refractivity contribution is 5.43. The molecular weight excluding hydrogens is 238 g/mol. The topological polar surface area (TPSA) is 30.5 Å². The van der Waals surface area contributed by atoms with Crippen LogP contribution >= 0.6 is 0 Å². The summed E-state index contributed by atoms with van der Waals surface area (Å²) in [7, 11) is 0. The van der Waals surface area contributed by atoms with Crippen molar-refractivity contribution in [2.75, 3.05) is 6.61 Å². The van der Waals surface area contributed by atoms with E-state index in [-0.39, 0.29) is 6.10 Å². The van der Waals surface area contributed by atoms with Crippen LogP contribution in [0, 0.1) is 0 Å². The Kier molecular flexibility index (Phi) is 6.71. The second kappa shape index (κ2) is 8.05. The standard InChI is InChI=1S/C16H27NO2/c1-6-13(5)19-15-9-8-14(11-17-12(3)4)10-16(15)18-7-2/h8-10,12-13,17H,6-7,11H2,1-5H3/t13-/m0/s1. The SMILES string of the molecule is CCOc1cc(CNC(C)C)ccc1O[C@@H](C)CC. The Morgan fingerprint density at radius 2 is 1.84 bits per heavy atom. The van der Waals surface area contributed by atoms with Crippen LogP contribution in [0.2, 0.25) is 0 Å². The maximum absolute atomic E-state index is 5.88. The van der Waals surface area contributed by atoms with E-state index in [9.17, 15) is 0 Å². The molecule has 0 radical (unpaired) electrons. The molecule has 0 heterocycles. The van der Waals surface area contributed by atoms with Crippen LogP contribution in [0.4, 0.5) is 0 Å². The van der Waals surface area contributed by atoms with Gasteiger partial charge in [-0.25, -0.2) is 0 Å². The van der Waals surface area contributed by atoms with Gasteiger partial charge in [-0.2, -0.15) is 0 Å². The van der Waals surface area contributed by atoms with Gasteiger partial charge in [0.1, 0.15) is 0 Å². The summed E-state index contributed by atoms with van der Waals surface area (Å²) in [6.45, 7) is 12.0. The van der Waals surface area contributed by atoms with Gasteiger partial charge in [0.2, 0.25) is 0 Å². The molecule has 0 saturated carbocycles. The highest BCUT2D eigenvalue weighted by Gasteiger charge is 2.09. The average Bonchev–Trinajstić information content (AvgIpc) is 2.39. The third kappa shape index (κ3) is 5.52. The van der Waals surface area contributed by atoms with Crippen molar-refractivity contribution in [3.8, 4) is 11.5 Å². The Bertz CT molecular complexity index is 377. The molecule has 3 nitrogen and oxygen atoms in total. The van der Waals surface area contributed by atoms with Gasteiger partial charge in [0, 0.05) is 12.6 Å². The summed E-state index contributed by atoms with van der Waals surface area (Å²) in [5.74, 6) is 1.68. The zero-order valence-corrected chi connectivity index (χ0v) is 12.8. The molecule has 1 N–H and O–H groups in total. The third-order valence-electron chi connectivity index (χ3n) is 2.93. The number of benzene rings is 1. The number of nitrogens with one attached hydrogen (secondary N) is 1. The Morgan fingerprint density at radius 1 is 1.11 bits per heavy atom. The van der Waals surface area contributed by atoms with Crippen molar-refractivity contribution >= 4 is 0 Å². The first-order valence-corrected chi connectivity index (χ1v) is 7.22. The maximum Gasteiger partial charge on any atom is 0.161 e. The summed E-state index contributed by atoms with van der Waals surface area (Å²) in [4.78, 5) is 0. The second-order valence-electron chi connectivity index (χ2n) is 5.09. The lowest BCUT2D eigenvalue weighted by Gasteiger charge is -2.17. The number of rotatable bonds is 8. The molecule has 0 bridgehead atoms. The molecule has 0 amide bonds. The number of hydrogen-bond donors (Lipinski definition) is 1. The summed E-state index contributed by atoms with van der Waals surface area (Å²) >= 11 is 0. The van der Waals surface area contributed by atoms with Crippen molar-refractivity contribution in [3.05, 3.63) is 23.8 Å². The van der Waals surface area contributed by atoms with E-state index < -0.39 is 0 Å². The van der Waals surface area contributed by atoms with Crippen molar-refractivity contribution in [2.24, 2.45) is 0 Å². The minimum atomic E-state index is 0.207. The third-order valence-corrected chi connectivity index (χ3v) is 2.93. The highest BCUT2D eigenvalue weighted by atomic mass is 16.5. The molecule has 0 spiro atoms. The van der Waals surface area contributed by atoms with E-state index in [1.54, 1.807) is 0 Å². The fourth-order valence-corrected chi connectivity index (χ4v) is 1.65. The van der Waals surface area contributed by atoms with E-state index in [2.05, 4.69) is 45.1 Å². The van der Waals surface area contributed by atoms with Crippen LogP contribution in [0.15, 0.2) is 18.2 Å². The minimum Gasteiger partial charge on any atom is -0.490 e. The van der Waals surface area contributed by atoms with Crippen LogP contribution in [0.3, 0.4) is 0 Å². The quantitative estimate of drug-likeness (QED) is 0.776. The molecule has 1 aromatic rings. The first-order chi connectivity index (χ1) is 9.06. The predicted molar refractivity (Wildman–Crippen MR) is 80.0 cm³/mol. The van der Waals surface area contributed by atoms with Crippen LogP contribution in [0.1, 0.15) is 46.6 Å². The molecule has 0 aliphatic heterocycles. The molecule has 0 aliphatic rings. The van der Waals surface area contributed by atoms with Crippen molar-refractivity contribution in [1.29, 1.82) is 0 Å². The smallest absolute Gasteiger partial charge is 0.161 e. The van der Waals surface area contributed by atoms with E-state index in [4.69, 9.17) is 9.47 Å². The van der Waals surface area contributed by atoms with Gasteiger partial charge in [-0.1, -0.05) is 26.8 Å². The zero-order valence-electron chi connectivity index (χ0n) is 12.8. The van der Waals surface area contributed by atoms with E-state index in [0.29, 0.717) is 12.6 Å². The van der Waals surface area contributed by atoms with Gasteiger partial charge in [0.05, 0.1) is 12.7 Å². The lowest BCUT2D eigenvalue weighted by atomic mass is 10.2. The van der Waals surface area contributed by atoms with Gasteiger partial charge in [0.25, 0.3) is 0 Å². The summed E-state index contributed by atoms with van der Waals surface area (Å²) in [5.41, 5.74) is 1.22. The Hall–Kier alpha value is -1.22. The molecule has 0 saturated heterocycles. The monoisotopic (exact) mass is 265 g/mol. The molecule has 0 aliphatic carbocycles. The van der Waals surface area contributed by atoms with Crippen molar-refractivity contribution in [3.63, 3.8) is 0 Å². The van der Waals surface area contributed by atoms with Crippen LogP contribution in [-0.4, -0.2) is 18.8 Å². The van der Waals surface area contributed by atoms with E-state index in [1.165, 1.54) is 5.56 Å². The zero-order chi connectivity index (χ0) is 14.3. The summed E-state index contributed by atoms with van der Waals surface area (Å²) in [6.07, 6.45) is 1.20. The predicted octanol–water partition coefficient (Wildman–Crippen LogP) is 3.76. The van der Waals surface area contributed by atoms with Gasteiger partial charge in [0.15, 0.2) is 11.5 Å². The largest absolute Gasteiger partial charge is 0.490 e. The minimum absolute atomic E-state index is 0.207. The Morgan fingerprint density at radius 3 is 2.42 bits per heavy atom. The summed E-state index contributed by atoms with van der Waals surface area (Å²) < 4.78 is 11.6. The summed E-state index contributed by atoms with van der Waals surface area (Å²) in [5, 5.41) is 3.41. The van der Waals surface area contributed by atoms with Crippen LogP contribution < -0.4 is 14.8 Å². The Labute approximate surface area is 117 Å². The second-order valence-corrected chi connectivity index (χ2v) is 5.09. The molecule has 108 valence electrons. The van der Waals surface area contributed by atoms with Gasteiger partial charge >= 0.3 is 0 Å². The number of ether oxygens (including phenoxy) is 2. The summed E-state index contributed by atoms with van der Waals surface area (Å²) in [6, 6.07) is 6.65. The molecule has 0 fully saturated rings. The van der Waals surface area contributed by atoms with Gasteiger partial charge < -0.3 is 14.8 Å².